The summed E-state index contributed by atoms with van der Waals surface area (Å²) < 4.78 is 6.79. The minimum Gasteiger partial charge on any atom is -0.493 e. The highest BCUT2D eigenvalue weighted by molar-refractivity contribution is 5.88. The van der Waals surface area contributed by atoms with Crippen LogP contribution in [0.15, 0.2) is 29.1 Å². The second-order valence-electron chi connectivity index (χ2n) is 6.10. The van der Waals surface area contributed by atoms with Gasteiger partial charge in [-0.15, -0.1) is 0 Å². The maximum Gasteiger partial charge on any atom is 0.341 e. The molecule has 0 saturated heterocycles. The van der Waals surface area contributed by atoms with E-state index in [1.54, 1.807) is 0 Å². The van der Waals surface area contributed by atoms with E-state index >= 15 is 0 Å². The molecule has 6 heteroatoms. The Bertz CT molecular complexity index is 852. The van der Waals surface area contributed by atoms with Crippen LogP contribution in [0.2, 0.25) is 0 Å². The third-order valence-electron chi connectivity index (χ3n) is 4.32. The van der Waals surface area contributed by atoms with Gasteiger partial charge in [0.05, 0.1) is 12.3 Å². The van der Waals surface area contributed by atoms with Gasteiger partial charge in [0.2, 0.25) is 0 Å². The molecular weight excluding hydrogens is 296 g/mol. The second kappa shape index (κ2) is 5.22. The predicted octanol–water partition coefficient (Wildman–Crippen LogP) is 1.95. The van der Waals surface area contributed by atoms with E-state index in [-0.39, 0.29) is 5.56 Å². The summed E-state index contributed by atoms with van der Waals surface area (Å²) in [4.78, 5) is 23.6. The van der Waals surface area contributed by atoms with Crippen molar-refractivity contribution in [3.05, 3.63) is 45.7 Å². The van der Waals surface area contributed by atoms with E-state index in [1.165, 1.54) is 10.7 Å². The predicted molar refractivity (Wildman–Crippen MR) is 82.8 cm³/mol. The smallest absolute Gasteiger partial charge is 0.341 e. The summed E-state index contributed by atoms with van der Waals surface area (Å²) in [5, 5.41) is 13.7. The van der Waals surface area contributed by atoms with Crippen molar-refractivity contribution in [2.24, 2.45) is 5.92 Å². The highest BCUT2D eigenvalue weighted by Gasteiger charge is 2.25. The number of hydrogen-bond donors (Lipinski definition) is 1. The zero-order chi connectivity index (χ0) is 16.0. The lowest BCUT2D eigenvalue weighted by Gasteiger charge is -2.09. The fourth-order valence-corrected chi connectivity index (χ4v) is 2.85. The zero-order valence-electron chi connectivity index (χ0n) is 12.5. The maximum absolute atomic E-state index is 12.2. The van der Waals surface area contributed by atoms with Crippen LogP contribution in [0, 0.1) is 5.92 Å². The van der Waals surface area contributed by atoms with Crippen LogP contribution < -0.4 is 10.3 Å². The van der Waals surface area contributed by atoms with Gasteiger partial charge in [-0.25, -0.2) is 9.48 Å². The molecule has 1 aliphatic heterocycles. The summed E-state index contributed by atoms with van der Waals surface area (Å²) in [5.41, 5.74) is 1.64. The largest absolute Gasteiger partial charge is 0.493 e. The van der Waals surface area contributed by atoms with Crippen molar-refractivity contribution in [2.75, 3.05) is 6.61 Å². The van der Waals surface area contributed by atoms with Gasteiger partial charge in [0.15, 0.2) is 0 Å². The number of carbonyl (C=O) groups is 1. The van der Waals surface area contributed by atoms with Gasteiger partial charge < -0.3 is 9.84 Å². The van der Waals surface area contributed by atoms with E-state index in [4.69, 9.17) is 4.74 Å². The molecule has 6 nitrogen and oxygen atoms in total. The quantitative estimate of drug-likeness (QED) is 0.933. The van der Waals surface area contributed by atoms with Crippen LogP contribution in [0.1, 0.15) is 28.8 Å². The highest BCUT2D eigenvalue weighted by Crippen LogP contribution is 2.31. The minimum atomic E-state index is -1.22. The van der Waals surface area contributed by atoms with Gasteiger partial charge in [0.1, 0.15) is 11.3 Å². The first-order valence-electron chi connectivity index (χ1n) is 7.73. The molecule has 0 amide bonds. The van der Waals surface area contributed by atoms with Gasteiger partial charge in [-0.05, 0) is 48.6 Å². The summed E-state index contributed by atoms with van der Waals surface area (Å²) >= 11 is 0. The van der Waals surface area contributed by atoms with Crippen LogP contribution in [0.5, 0.6) is 5.75 Å². The molecule has 0 unspecified atom stereocenters. The van der Waals surface area contributed by atoms with Gasteiger partial charge in [-0.2, -0.15) is 5.10 Å². The first-order chi connectivity index (χ1) is 11.1. The summed E-state index contributed by atoms with van der Waals surface area (Å²) in [7, 11) is 0. The van der Waals surface area contributed by atoms with Crippen molar-refractivity contribution in [1.29, 1.82) is 0 Å². The average molecular weight is 312 g/mol. The average Bonchev–Trinajstić information content (AvgIpc) is 3.22. The minimum absolute atomic E-state index is 0.229. The molecule has 0 atom stereocenters. The number of hydrogen-bond acceptors (Lipinski definition) is 4. The van der Waals surface area contributed by atoms with E-state index in [2.05, 4.69) is 5.10 Å². The molecule has 1 aliphatic carbocycles. The topological polar surface area (TPSA) is 81.4 Å². The standard InChI is InChI=1S/C17H16N2O4/c20-16-13(17(21)22)8-14(18-19(16)9-10-1-2-10)11-3-4-15-12(7-11)5-6-23-15/h3-4,7-8,10H,1-2,5-6,9H2,(H,21,22). The first-order valence-corrected chi connectivity index (χ1v) is 7.73. The molecule has 1 fully saturated rings. The number of carboxylic acid groups (broad SMARTS) is 1. The first kappa shape index (κ1) is 14.0. The fourth-order valence-electron chi connectivity index (χ4n) is 2.85. The third kappa shape index (κ3) is 2.60. The lowest BCUT2D eigenvalue weighted by atomic mass is 10.1. The zero-order valence-corrected chi connectivity index (χ0v) is 12.5. The Morgan fingerprint density at radius 2 is 2.17 bits per heavy atom. The number of fused-ring (bicyclic) bond motifs is 1. The summed E-state index contributed by atoms with van der Waals surface area (Å²) in [6, 6.07) is 7.05. The number of aromatic nitrogens is 2. The Morgan fingerprint density at radius 3 is 2.91 bits per heavy atom. The molecule has 0 radical (unpaired) electrons. The lowest BCUT2D eigenvalue weighted by molar-refractivity contribution is 0.0693. The van der Waals surface area contributed by atoms with Gasteiger partial charge in [0.25, 0.3) is 5.56 Å². The molecule has 1 aromatic heterocycles. The van der Waals surface area contributed by atoms with Gasteiger partial charge >= 0.3 is 5.97 Å². The Balaban J connectivity index is 1.82. The van der Waals surface area contributed by atoms with Crippen LogP contribution in [0.25, 0.3) is 11.3 Å². The molecule has 4 rings (SSSR count). The number of benzene rings is 1. The van der Waals surface area contributed by atoms with Gasteiger partial charge in [-0.1, -0.05) is 0 Å². The van der Waals surface area contributed by atoms with E-state index in [1.807, 2.05) is 18.2 Å². The van der Waals surface area contributed by atoms with Crippen LogP contribution in [-0.4, -0.2) is 27.5 Å². The summed E-state index contributed by atoms with van der Waals surface area (Å²) in [6.45, 7) is 1.15. The molecule has 1 saturated carbocycles. The third-order valence-corrected chi connectivity index (χ3v) is 4.32. The van der Waals surface area contributed by atoms with Crippen molar-refractivity contribution in [1.82, 2.24) is 9.78 Å². The molecule has 2 aromatic rings. The van der Waals surface area contributed by atoms with Gasteiger partial charge in [0, 0.05) is 18.5 Å². The summed E-state index contributed by atoms with van der Waals surface area (Å²) in [5.74, 6) is 0.0803. The van der Waals surface area contributed by atoms with E-state index in [9.17, 15) is 14.7 Å². The van der Waals surface area contributed by atoms with E-state index < -0.39 is 11.5 Å². The Kier molecular flexibility index (Phi) is 3.18. The Labute approximate surface area is 132 Å². The molecular formula is C17H16N2O4. The van der Waals surface area contributed by atoms with E-state index in [0.717, 1.165) is 36.1 Å². The van der Waals surface area contributed by atoms with Crippen LogP contribution >= 0.6 is 0 Å². The highest BCUT2D eigenvalue weighted by atomic mass is 16.5. The monoisotopic (exact) mass is 312 g/mol. The van der Waals surface area contributed by atoms with Crippen molar-refractivity contribution < 1.29 is 14.6 Å². The molecule has 118 valence electrons. The Hall–Kier alpha value is -2.63. The van der Waals surface area contributed by atoms with Gasteiger partial charge in [-0.3, -0.25) is 4.79 Å². The molecule has 1 aromatic carbocycles. The Morgan fingerprint density at radius 1 is 1.35 bits per heavy atom. The second-order valence-corrected chi connectivity index (χ2v) is 6.10. The number of rotatable bonds is 4. The van der Waals surface area contributed by atoms with Crippen LogP contribution in [0.4, 0.5) is 0 Å². The van der Waals surface area contributed by atoms with E-state index in [0.29, 0.717) is 24.8 Å². The number of ether oxygens (including phenoxy) is 1. The van der Waals surface area contributed by atoms with Crippen molar-refractivity contribution in [3.63, 3.8) is 0 Å². The maximum atomic E-state index is 12.2. The van der Waals surface area contributed by atoms with Crippen LogP contribution in [-0.2, 0) is 13.0 Å². The lowest BCUT2D eigenvalue weighted by Crippen LogP contribution is -2.29. The summed E-state index contributed by atoms with van der Waals surface area (Å²) in [6.07, 6.45) is 2.96. The molecule has 2 aliphatic rings. The number of carboxylic acids is 1. The molecule has 0 spiro atoms. The normalized spacial score (nSPS) is 16.0. The fraction of sp³-hybridized carbons (Fsp3) is 0.353. The molecule has 2 heterocycles. The van der Waals surface area contributed by atoms with Crippen molar-refractivity contribution in [3.8, 4) is 17.0 Å². The van der Waals surface area contributed by atoms with Crippen molar-refractivity contribution in [2.45, 2.75) is 25.8 Å². The van der Waals surface area contributed by atoms with Crippen molar-refractivity contribution >= 4 is 5.97 Å². The number of nitrogens with zero attached hydrogens (tertiary/aromatic N) is 2. The molecule has 0 bridgehead atoms. The van der Waals surface area contributed by atoms with Crippen LogP contribution in [0.3, 0.4) is 0 Å². The molecule has 1 N–H and O–H groups in total. The SMILES string of the molecule is O=C(O)c1cc(-c2ccc3c(c2)CCO3)nn(CC2CC2)c1=O. The number of aromatic carboxylic acids is 1. The molecule has 23 heavy (non-hydrogen) atoms.